The first kappa shape index (κ1) is 24.0. The summed E-state index contributed by atoms with van der Waals surface area (Å²) in [7, 11) is 0. The van der Waals surface area contributed by atoms with Crippen LogP contribution in [-0.4, -0.2) is 69.1 Å². The second kappa shape index (κ2) is 13.7. The number of hydrogen-bond donors (Lipinski definition) is 1. The number of likely N-dealkylation sites (tertiary alicyclic amines) is 1. The van der Waals surface area contributed by atoms with E-state index in [1.165, 1.54) is 18.4 Å². The Morgan fingerprint density at radius 3 is 2.71 bits per heavy atom. The molecular weight excluding hydrogens is 390 g/mol. The quantitative estimate of drug-likeness (QED) is 0.342. The Labute approximate surface area is 188 Å². The van der Waals surface area contributed by atoms with Gasteiger partial charge in [0, 0.05) is 39.4 Å². The van der Waals surface area contributed by atoms with Gasteiger partial charge < -0.3 is 24.4 Å². The Morgan fingerprint density at radius 1 is 1.19 bits per heavy atom. The third-order valence-electron chi connectivity index (χ3n) is 6.07. The normalized spacial score (nSPS) is 21.8. The number of aliphatic imine (C=N–C) groups is 1. The minimum atomic E-state index is 0.122. The second-order valence-corrected chi connectivity index (χ2v) is 8.52. The maximum Gasteiger partial charge on any atom is 0.193 e. The highest BCUT2D eigenvalue weighted by atomic mass is 16.5. The van der Waals surface area contributed by atoms with Crippen LogP contribution in [0.2, 0.25) is 0 Å². The van der Waals surface area contributed by atoms with E-state index in [1.807, 2.05) is 6.07 Å². The number of nitrogens with zero attached hydrogens (tertiary/aromatic N) is 2. The maximum absolute atomic E-state index is 6.15. The van der Waals surface area contributed by atoms with E-state index in [2.05, 4.69) is 48.3 Å². The molecule has 1 N–H and O–H groups in total. The third kappa shape index (κ3) is 8.43. The van der Waals surface area contributed by atoms with E-state index in [4.69, 9.17) is 19.2 Å². The maximum atomic E-state index is 6.15. The Morgan fingerprint density at radius 2 is 2.00 bits per heavy atom. The van der Waals surface area contributed by atoms with Gasteiger partial charge in [0.1, 0.15) is 0 Å². The van der Waals surface area contributed by atoms with Gasteiger partial charge >= 0.3 is 0 Å². The van der Waals surface area contributed by atoms with Crippen molar-refractivity contribution in [3.05, 3.63) is 35.9 Å². The molecule has 6 nitrogen and oxygen atoms in total. The van der Waals surface area contributed by atoms with Gasteiger partial charge in [0.15, 0.2) is 5.96 Å². The summed E-state index contributed by atoms with van der Waals surface area (Å²) in [5.74, 6) is 1.02. The molecule has 0 saturated carbocycles. The molecular formula is C25H41N3O3. The molecule has 2 atom stereocenters. The number of benzene rings is 1. The van der Waals surface area contributed by atoms with E-state index in [1.54, 1.807) is 0 Å². The minimum absolute atomic E-state index is 0.122. The number of ether oxygens (including phenoxy) is 3. The van der Waals surface area contributed by atoms with Crippen LogP contribution < -0.4 is 5.32 Å². The van der Waals surface area contributed by atoms with Crippen molar-refractivity contribution in [3.63, 3.8) is 0 Å². The van der Waals surface area contributed by atoms with Crippen molar-refractivity contribution >= 4 is 5.96 Å². The monoisotopic (exact) mass is 431 g/mol. The first-order valence-electron chi connectivity index (χ1n) is 12.2. The predicted octanol–water partition coefficient (Wildman–Crippen LogP) is 4.17. The van der Waals surface area contributed by atoms with Crippen LogP contribution in [0.3, 0.4) is 0 Å². The Kier molecular flexibility index (Phi) is 10.6. The van der Waals surface area contributed by atoms with Gasteiger partial charge in [0.2, 0.25) is 0 Å². The van der Waals surface area contributed by atoms with Gasteiger partial charge in [0.25, 0.3) is 0 Å². The zero-order valence-corrected chi connectivity index (χ0v) is 19.4. The van der Waals surface area contributed by atoms with E-state index < -0.39 is 0 Å². The Bertz CT molecular complexity index is 626. The lowest BCUT2D eigenvalue weighted by Gasteiger charge is -2.35. The summed E-state index contributed by atoms with van der Waals surface area (Å²) >= 11 is 0. The van der Waals surface area contributed by atoms with Gasteiger partial charge in [-0.2, -0.15) is 0 Å². The summed E-state index contributed by atoms with van der Waals surface area (Å²) in [5, 5.41) is 3.45. The molecule has 0 spiro atoms. The van der Waals surface area contributed by atoms with E-state index in [0.29, 0.717) is 12.2 Å². The van der Waals surface area contributed by atoms with Crippen LogP contribution in [0.15, 0.2) is 35.3 Å². The standard InChI is InChI=1S/C25H41N3O3/c1-3-26-25(27-15-9-19-29-21(2)22-10-5-4-6-11-22)28-16-13-23(14-17-28)31-20-24-12-7-8-18-30-24/h4-6,10-11,21,23-24H,3,7-9,12-20H2,1-2H3,(H,26,27). The van der Waals surface area contributed by atoms with Crippen molar-refractivity contribution in [2.24, 2.45) is 4.99 Å². The molecule has 2 unspecified atom stereocenters. The predicted molar refractivity (Wildman–Crippen MR) is 126 cm³/mol. The molecule has 2 heterocycles. The van der Waals surface area contributed by atoms with Gasteiger partial charge in [-0.3, -0.25) is 4.99 Å². The fourth-order valence-electron chi connectivity index (χ4n) is 4.17. The highest BCUT2D eigenvalue weighted by Gasteiger charge is 2.23. The number of guanidine groups is 1. The number of rotatable bonds is 10. The van der Waals surface area contributed by atoms with Gasteiger partial charge in [0.05, 0.1) is 24.9 Å². The van der Waals surface area contributed by atoms with Crippen molar-refractivity contribution < 1.29 is 14.2 Å². The molecule has 1 aromatic carbocycles. The zero-order chi connectivity index (χ0) is 21.7. The Balaban J connectivity index is 1.34. The fraction of sp³-hybridized carbons (Fsp3) is 0.720. The van der Waals surface area contributed by atoms with Crippen LogP contribution >= 0.6 is 0 Å². The van der Waals surface area contributed by atoms with Crippen LogP contribution in [0.5, 0.6) is 0 Å². The molecule has 31 heavy (non-hydrogen) atoms. The molecule has 0 radical (unpaired) electrons. The summed E-state index contributed by atoms with van der Waals surface area (Å²) in [6.07, 6.45) is 7.40. The topological polar surface area (TPSA) is 55.3 Å². The summed E-state index contributed by atoms with van der Waals surface area (Å²) < 4.78 is 17.9. The number of piperidine rings is 1. The van der Waals surface area contributed by atoms with Crippen molar-refractivity contribution in [1.82, 2.24) is 10.2 Å². The van der Waals surface area contributed by atoms with Gasteiger partial charge in [-0.05, 0) is 57.9 Å². The van der Waals surface area contributed by atoms with Crippen molar-refractivity contribution in [1.29, 1.82) is 0 Å². The average Bonchev–Trinajstić information content (AvgIpc) is 2.83. The second-order valence-electron chi connectivity index (χ2n) is 8.52. The summed E-state index contributed by atoms with van der Waals surface area (Å²) in [5.41, 5.74) is 1.22. The van der Waals surface area contributed by atoms with E-state index in [9.17, 15) is 0 Å². The molecule has 2 fully saturated rings. The lowest BCUT2D eigenvalue weighted by molar-refractivity contribution is -0.0721. The highest BCUT2D eigenvalue weighted by molar-refractivity contribution is 5.80. The molecule has 174 valence electrons. The minimum Gasteiger partial charge on any atom is -0.376 e. The summed E-state index contributed by atoms with van der Waals surface area (Å²) in [6, 6.07) is 10.4. The molecule has 0 bridgehead atoms. The van der Waals surface area contributed by atoms with Gasteiger partial charge in [-0.25, -0.2) is 0 Å². The number of hydrogen-bond acceptors (Lipinski definition) is 4. The Hall–Kier alpha value is -1.63. The molecule has 2 aliphatic rings. The van der Waals surface area contributed by atoms with Crippen LogP contribution in [0.1, 0.15) is 64.0 Å². The van der Waals surface area contributed by atoms with Crippen molar-refractivity contribution in [3.8, 4) is 0 Å². The molecule has 2 saturated heterocycles. The zero-order valence-electron chi connectivity index (χ0n) is 19.4. The molecule has 0 aliphatic carbocycles. The fourth-order valence-corrected chi connectivity index (χ4v) is 4.17. The lowest BCUT2D eigenvalue weighted by Crippen LogP contribution is -2.47. The van der Waals surface area contributed by atoms with Crippen LogP contribution in [0, 0.1) is 0 Å². The van der Waals surface area contributed by atoms with E-state index in [0.717, 1.165) is 77.6 Å². The van der Waals surface area contributed by atoms with Crippen LogP contribution in [-0.2, 0) is 14.2 Å². The summed E-state index contributed by atoms with van der Waals surface area (Å²) in [4.78, 5) is 7.21. The van der Waals surface area contributed by atoms with Crippen LogP contribution in [0.4, 0.5) is 0 Å². The van der Waals surface area contributed by atoms with Crippen LogP contribution in [0.25, 0.3) is 0 Å². The van der Waals surface area contributed by atoms with E-state index in [-0.39, 0.29) is 6.10 Å². The average molecular weight is 432 g/mol. The third-order valence-corrected chi connectivity index (χ3v) is 6.07. The van der Waals surface area contributed by atoms with E-state index >= 15 is 0 Å². The first-order chi connectivity index (χ1) is 15.3. The van der Waals surface area contributed by atoms with Gasteiger partial charge in [-0.15, -0.1) is 0 Å². The first-order valence-corrected chi connectivity index (χ1v) is 12.2. The molecule has 1 aromatic rings. The highest BCUT2D eigenvalue weighted by Crippen LogP contribution is 2.18. The number of nitrogens with one attached hydrogen (secondary N) is 1. The smallest absolute Gasteiger partial charge is 0.193 e. The van der Waals surface area contributed by atoms with Gasteiger partial charge in [-0.1, -0.05) is 30.3 Å². The largest absolute Gasteiger partial charge is 0.376 e. The molecule has 0 amide bonds. The van der Waals surface area contributed by atoms with Crippen molar-refractivity contribution in [2.75, 3.05) is 46.0 Å². The SMILES string of the molecule is CCNC(=NCCCOC(C)c1ccccc1)N1CCC(OCC2CCCCO2)CC1. The summed E-state index contributed by atoms with van der Waals surface area (Å²) in [6.45, 7) is 10.2. The molecule has 0 aromatic heterocycles. The molecule has 2 aliphatic heterocycles. The molecule has 6 heteroatoms. The lowest BCUT2D eigenvalue weighted by atomic mass is 10.1. The van der Waals surface area contributed by atoms with Crippen molar-refractivity contribution in [2.45, 2.75) is 70.7 Å². The molecule has 3 rings (SSSR count).